The highest BCUT2D eigenvalue weighted by atomic mass is 31.2. The van der Waals surface area contributed by atoms with Gasteiger partial charge in [0.2, 0.25) is 7.37 Å². The molecule has 0 aromatic heterocycles. The summed E-state index contributed by atoms with van der Waals surface area (Å²) in [5.41, 5.74) is 0.665. The molecular formula is C14H18NO5P. The molecule has 7 heteroatoms. The summed E-state index contributed by atoms with van der Waals surface area (Å²) in [6.45, 7) is 3.25. The molecule has 2 rings (SSSR count). The first-order valence-corrected chi connectivity index (χ1v) is 8.96. The summed E-state index contributed by atoms with van der Waals surface area (Å²) in [5.74, 6) is -0.867. The van der Waals surface area contributed by atoms with Crippen molar-refractivity contribution in [1.82, 2.24) is 4.90 Å². The van der Waals surface area contributed by atoms with Crippen molar-refractivity contribution in [1.29, 1.82) is 0 Å². The van der Waals surface area contributed by atoms with Crippen LogP contribution >= 0.6 is 7.37 Å². The van der Waals surface area contributed by atoms with Crippen LogP contribution in [0.25, 0.3) is 0 Å². The predicted molar refractivity (Wildman–Crippen MR) is 77.8 cm³/mol. The maximum Gasteiger partial charge on any atom is 0.261 e. The number of benzene rings is 1. The summed E-state index contributed by atoms with van der Waals surface area (Å²) in [5, 5.41) is 9.99. The van der Waals surface area contributed by atoms with Crippen molar-refractivity contribution in [2.45, 2.75) is 13.0 Å². The van der Waals surface area contributed by atoms with Crippen LogP contribution in [-0.4, -0.2) is 53.9 Å². The van der Waals surface area contributed by atoms with Gasteiger partial charge in [0.1, 0.15) is 0 Å². The van der Waals surface area contributed by atoms with E-state index in [9.17, 15) is 19.3 Å². The molecule has 1 N–H and O–H groups in total. The summed E-state index contributed by atoms with van der Waals surface area (Å²) in [6, 6.07) is 6.51. The van der Waals surface area contributed by atoms with E-state index in [1.54, 1.807) is 31.2 Å². The van der Waals surface area contributed by atoms with Crippen molar-refractivity contribution in [3.63, 3.8) is 0 Å². The molecule has 0 radical (unpaired) electrons. The number of carbonyl (C=O) groups excluding carboxylic acids is 2. The molecule has 114 valence electrons. The zero-order chi connectivity index (χ0) is 15.6. The molecular weight excluding hydrogens is 293 g/mol. The summed E-state index contributed by atoms with van der Waals surface area (Å²) in [4.78, 5) is 25.2. The van der Waals surface area contributed by atoms with Crippen molar-refractivity contribution in [2.75, 3.05) is 26.0 Å². The van der Waals surface area contributed by atoms with Gasteiger partial charge in [-0.15, -0.1) is 0 Å². The molecule has 1 aromatic carbocycles. The van der Waals surface area contributed by atoms with Gasteiger partial charge in [-0.05, 0) is 19.1 Å². The van der Waals surface area contributed by atoms with Gasteiger partial charge in [-0.3, -0.25) is 19.1 Å². The van der Waals surface area contributed by atoms with Gasteiger partial charge in [-0.2, -0.15) is 0 Å². The maximum absolute atomic E-state index is 12.1. The quantitative estimate of drug-likeness (QED) is 0.637. The number of hydrogen-bond acceptors (Lipinski definition) is 5. The molecule has 1 heterocycles. The zero-order valence-electron chi connectivity index (χ0n) is 12.0. The van der Waals surface area contributed by atoms with Gasteiger partial charge in [-0.1, -0.05) is 12.1 Å². The number of imide groups is 1. The fourth-order valence-electron chi connectivity index (χ4n) is 2.38. The van der Waals surface area contributed by atoms with E-state index in [0.29, 0.717) is 11.1 Å². The molecule has 6 nitrogen and oxygen atoms in total. The maximum atomic E-state index is 12.1. The molecule has 1 aliphatic heterocycles. The van der Waals surface area contributed by atoms with Crippen LogP contribution in [-0.2, 0) is 9.09 Å². The number of hydrogen-bond donors (Lipinski definition) is 1. The Kier molecular flexibility index (Phi) is 4.61. The highest BCUT2D eigenvalue weighted by Gasteiger charge is 2.36. The molecule has 0 saturated carbocycles. The summed E-state index contributed by atoms with van der Waals surface area (Å²) >= 11 is 0. The molecule has 0 bridgehead atoms. The third kappa shape index (κ3) is 3.40. The fourth-order valence-corrected chi connectivity index (χ4v) is 3.91. The Hall–Kier alpha value is -1.49. The molecule has 1 aromatic rings. The number of aliphatic hydroxyl groups is 1. The molecule has 21 heavy (non-hydrogen) atoms. The number of carbonyl (C=O) groups is 2. The van der Waals surface area contributed by atoms with Crippen LogP contribution in [0.2, 0.25) is 0 Å². The smallest absolute Gasteiger partial charge is 0.261 e. The van der Waals surface area contributed by atoms with Crippen LogP contribution in [0.5, 0.6) is 0 Å². The van der Waals surface area contributed by atoms with E-state index in [1.165, 1.54) is 6.66 Å². The van der Waals surface area contributed by atoms with Crippen molar-refractivity contribution >= 4 is 19.2 Å². The zero-order valence-corrected chi connectivity index (χ0v) is 12.9. The van der Waals surface area contributed by atoms with E-state index < -0.39 is 25.3 Å². The van der Waals surface area contributed by atoms with Crippen LogP contribution in [0.4, 0.5) is 0 Å². The number of amides is 2. The van der Waals surface area contributed by atoms with E-state index in [-0.39, 0.29) is 19.3 Å². The van der Waals surface area contributed by atoms with E-state index in [2.05, 4.69) is 0 Å². The summed E-state index contributed by atoms with van der Waals surface area (Å²) in [6.07, 6.45) is -1.16. The lowest BCUT2D eigenvalue weighted by molar-refractivity contribution is 0.0562. The number of aliphatic hydroxyl groups excluding tert-OH is 1. The lowest BCUT2D eigenvalue weighted by atomic mass is 10.1. The van der Waals surface area contributed by atoms with Crippen molar-refractivity contribution in [2.24, 2.45) is 0 Å². The SMILES string of the molecule is CCO[P@](C)(=O)C[C@@H](O)CN1C(=O)c2ccccc2C1=O. The third-order valence-corrected chi connectivity index (χ3v) is 5.11. The van der Waals surface area contributed by atoms with Crippen LogP contribution in [0.1, 0.15) is 27.6 Å². The number of β-amino-alcohol motifs (C(OH)–C–C–N with tert-alkyl or cyclic N) is 1. The molecule has 0 saturated heterocycles. The average Bonchev–Trinajstić information content (AvgIpc) is 2.64. The Morgan fingerprint density at radius 1 is 1.24 bits per heavy atom. The van der Waals surface area contributed by atoms with Crippen molar-refractivity contribution < 1.29 is 23.8 Å². The molecule has 0 aliphatic carbocycles. The Bertz CT molecular complexity index is 580. The van der Waals surface area contributed by atoms with Gasteiger partial charge in [0, 0.05) is 6.66 Å². The molecule has 0 fully saturated rings. The Labute approximate surface area is 123 Å². The highest BCUT2D eigenvalue weighted by molar-refractivity contribution is 7.58. The Balaban J connectivity index is 2.07. The Morgan fingerprint density at radius 3 is 2.24 bits per heavy atom. The first-order valence-electron chi connectivity index (χ1n) is 6.70. The van der Waals surface area contributed by atoms with Crippen molar-refractivity contribution in [3.05, 3.63) is 35.4 Å². The monoisotopic (exact) mass is 311 g/mol. The minimum atomic E-state index is -2.92. The fraction of sp³-hybridized carbons (Fsp3) is 0.429. The van der Waals surface area contributed by atoms with Gasteiger partial charge in [-0.25, -0.2) is 0 Å². The molecule has 0 unspecified atom stereocenters. The minimum absolute atomic E-state index is 0.0890. The number of fused-ring (bicyclic) bond motifs is 1. The lowest BCUT2D eigenvalue weighted by Gasteiger charge is -2.21. The van der Waals surface area contributed by atoms with Gasteiger partial charge in [0.25, 0.3) is 11.8 Å². The molecule has 1 aliphatic rings. The van der Waals surface area contributed by atoms with Gasteiger partial charge >= 0.3 is 0 Å². The molecule has 2 amide bonds. The van der Waals surface area contributed by atoms with E-state index >= 15 is 0 Å². The van der Waals surface area contributed by atoms with Crippen LogP contribution in [0, 0.1) is 0 Å². The van der Waals surface area contributed by atoms with Crippen LogP contribution in [0.15, 0.2) is 24.3 Å². The van der Waals surface area contributed by atoms with Gasteiger partial charge in [0.15, 0.2) is 0 Å². The second-order valence-electron chi connectivity index (χ2n) is 5.03. The van der Waals surface area contributed by atoms with Crippen LogP contribution < -0.4 is 0 Å². The number of rotatable bonds is 6. The molecule has 0 spiro atoms. The second-order valence-corrected chi connectivity index (χ2v) is 7.69. The second kappa shape index (κ2) is 6.10. The minimum Gasteiger partial charge on any atom is -0.391 e. The normalized spacial score (nSPS) is 18.5. The molecule has 2 atom stereocenters. The topological polar surface area (TPSA) is 83.9 Å². The first-order chi connectivity index (χ1) is 9.85. The van der Waals surface area contributed by atoms with Gasteiger partial charge < -0.3 is 9.63 Å². The van der Waals surface area contributed by atoms with E-state index in [0.717, 1.165) is 4.90 Å². The first kappa shape index (κ1) is 15.9. The van der Waals surface area contributed by atoms with Crippen molar-refractivity contribution in [3.8, 4) is 0 Å². The Morgan fingerprint density at radius 2 is 1.76 bits per heavy atom. The average molecular weight is 311 g/mol. The van der Waals surface area contributed by atoms with E-state index in [1.807, 2.05) is 0 Å². The lowest BCUT2D eigenvalue weighted by Crippen LogP contribution is -2.38. The third-order valence-electron chi connectivity index (χ3n) is 3.22. The van der Waals surface area contributed by atoms with Gasteiger partial charge in [0.05, 0.1) is 36.5 Å². The number of nitrogens with zero attached hydrogens (tertiary/aromatic N) is 1. The van der Waals surface area contributed by atoms with E-state index in [4.69, 9.17) is 4.52 Å². The largest absolute Gasteiger partial charge is 0.391 e. The highest BCUT2D eigenvalue weighted by Crippen LogP contribution is 2.43. The van der Waals surface area contributed by atoms with Crippen LogP contribution in [0.3, 0.4) is 0 Å². The predicted octanol–water partition coefficient (Wildman–Crippen LogP) is 1.59. The summed E-state index contributed by atoms with van der Waals surface area (Å²) < 4.78 is 17.1. The standard InChI is InChI=1S/C14H18NO5P/c1-3-20-21(2,19)9-10(16)8-15-13(17)11-6-4-5-7-12(11)14(15)18/h4-7,10,16H,3,8-9H2,1-2H3/t10-,21-/m0/s1. The summed E-state index contributed by atoms with van der Waals surface area (Å²) in [7, 11) is -2.92.